The van der Waals surface area contributed by atoms with E-state index in [0.29, 0.717) is 9.35 Å². The average Bonchev–Trinajstić information content (AvgIpc) is 2.74. The van der Waals surface area contributed by atoms with Crippen LogP contribution in [0, 0.1) is 15.9 Å². The van der Waals surface area contributed by atoms with Gasteiger partial charge < -0.3 is 4.74 Å². The van der Waals surface area contributed by atoms with E-state index in [-0.39, 0.29) is 18.1 Å². The number of Topliss-reactive ketones (excluding diaryl/α,β-unsaturated/α-hetero) is 1. The largest absolute Gasteiger partial charge is 0.485 e. The van der Waals surface area contributed by atoms with Gasteiger partial charge in [-0.15, -0.1) is 11.3 Å². The summed E-state index contributed by atoms with van der Waals surface area (Å²) in [7, 11) is 0. The van der Waals surface area contributed by atoms with E-state index < -0.39 is 16.4 Å². The lowest BCUT2D eigenvalue weighted by atomic mass is 10.2. The molecule has 1 aromatic carbocycles. The number of halogens is 3. The third-order valence-electron chi connectivity index (χ3n) is 2.44. The minimum absolute atomic E-state index is 0.0527. The van der Waals surface area contributed by atoms with E-state index in [1.54, 1.807) is 6.07 Å². The average molecular weight is 439 g/mol. The topological polar surface area (TPSA) is 69.4 Å². The third kappa shape index (κ3) is 3.86. The Labute approximate surface area is 139 Å². The van der Waals surface area contributed by atoms with Crippen LogP contribution in [-0.4, -0.2) is 17.3 Å². The third-order valence-corrected chi connectivity index (χ3v) is 4.78. The number of nitro groups is 1. The Morgan fingerprint density at radius 1 is 1.38 bits per heavy atom. The van der Waals surface area contributed by atoms with Gasteiger partial charge in [-0.25, -0.2) is 0 Å². The molecule has 0 saturated carbocycles. The van der Waals surface area contributed by atoms with E-state index in [9.17, 15) is 19.3 Å². The highest BCUT2D eigenvalue weighted by Crippen LogP contribution is 2.32. The smallest absolute Gasteiger partial charge is 0.305 e. The van der Waals surface area contributed by atoms with Crippen LogP contribution in [0.1, 0.15) is 10.4 Å². The van der Waals surface area contributed by atoms with Crippen LogP contribution in [0.15, 0.2) is 31.8 Å². The molecular formula is C12H6Br2FNO4S. The minimum atomic E-state index is -1.01. The summed E-state index contributed by atoms with van der Waals surface area (Å²) >= 11 is 7.87. The van der Waals surface area contributed by atoms with Crippen LogP contribution in [0.3, 0.4) is 0 Å². The molecule has 0 aliphatic carbocycles. The number of ketones is 1. The van der Waals surface area contributed by atoms with Crippen molar-refractivity contribution in [2.45, 2.75) is 0 Å². The summed E-state index contributed by atoms with van der Waals surface area (Å²) < 4.78 is 20.0. The molecule has 0 atom stereocenters. The summed E-state index contributed by atoms with van der Waals surface area (Å²) in [5.41, 5.74) is -0.188. The van der Waals surface area contributed by atoms with E-state index in [0.717, 1.165) is 15.9 Å². The van der Waals surface area contributed by atoms with Crippen molar-refractivity contribution >= 4 is 54.7 Å². The lowest BCUT2D eigenvalue weighted by Gasteiger charge is -2.05. The van der Waals surface area contributed by atoms with Gasteiger partial charge in [-0.2, -0.15) is 4.39 Å². The second-order valence-corrected chi connectivity index (χ2v) is 7.57. The van der Waals surface area contributed by atoms with Gasteiger partial charge in [0, 0.05) is 17.7 Å². The van der Waals surface area contributed by atoms with E-state index in [1.165, 1.54) is 17.4 Å². The lowest BCUT2D eigenvalue weighted by molar-refractivity contribution is -0.387. The minimum Gasteiger partial charge on any atom is -0.485 e. The second kappa shape index (κ2) is 6.63. The fraction of sp³-hybridized carbons (Fsp3) is 0.0833. The van der Waals surface area contributed by atoms with Crippen molar-refractivity contribution in [1.82, 2.24) is 0 Å². The van der Waals surface area contributed by atoms with E-state index >= 15 is 0 Å². The van der Waals surface area contributed by atoms with Crippen LogP contribution in [0.5, 0.6) is 5.75 Å². The van der Waals surface area contributed by atoms with Gasteiger partial charge in [0.1, 0.15) is 5.75 Å². The number of benzene rings is 1. The lowest BCUT2D eigenvalue weighted by Crippen LogP contribution is -2.11. The first kappa shape index (κ1) is 16.1. The van der Waals surface area contributed by atoms with Crippen LogP contribution < -0.4 is 4.74 Å². The summed E-state index contributed by atoms with van der Waals surface area (Å²) in [5.74, 6) is -1.25. The zero-order valence-corrected chi connectivity index (χ0v) is 14.1. The number of thiophene rings is 1. The molecule has 110 valence electrons. The first-order chi connectivity index (χ1) is 9.88. The maximum atomic E-state index is 13.4. The van der Waals surface area contributed by atoms with E-state index in [2.05, 4.69) is 31.9 Å². The highest BCUT2D eigenvalue weighted by atomic mass is 79.9. The molecule has 0 aliphatic rings. The van der Waals surface area contributed by atoms with Crippen molar-refractivity contribution in [2.75, 3.05) is 6.61 Å². The Morgan fingerprint density at radius 3 is 2.62 bits per heavy atom. The van der Waals surface area contributed by atoms with Crippen molar-refractivity contribution in [3.8, 4) is 5.75 Å². The van der Waals surface area contributed by atoms with E-state index in [4.69, 9.17) is 4.74 Å². The molecule has 0 saturated heterocycles. The van der Waals surface area contributed by atoms with Gasteiger partial charge >= 0.3 is 5.69 Å². The zero-order valence-electron chi connectivity index (χ0n) is 10.1. The van der Waals surface area contributed by atoms with Crippen LogP contribution in [0.25, 0.3) is 0 Å². The van der Waals surface area contributed by atoms with Crippen LogP contribution in [0.2, 0.25) is 0 Å². The number of carbonyl (C=O) groups excluding carboxylic acids is 1. The Balaban J connectivity index is 2.06. The SMILES string of the molecule is O=C(COc1ccc([N+](=O)[O-])c(F)c1)c1cc(Br)sc1Br. The van der Waals surface area contributed by atoms with Crippen LogP contribution in [0.4, 0.5) is 10.1 Å². The van der Waals surface area contributed by atoms with Crippen LogP contribution in [-0.2, 0) is 0 Å². The maximum Gasteiger partial charge on any atom is 0.305 e. The Morgan fingerprint density at radius 2 is 2.10 bits per heavy atom. The van der Waals surface area contributed by atoms with Gasteiger partial charge in [-0.05, 0) is 44.0 Å². The fourth-order valence-corrected chi connectivity index (χ4v) is 4.34. The van der Waals surface area contributed by atoms with Gasteiger partial charge in [0.25, 0.3) is 0 Å². The molecule has 0 fully saturated rings. The van der Waals surface area contributed by atoms with Crippen molar-refractivity contribution < 1.29 is 18.8 Å². The predicted octanol–water partition coefficient (Wildman–Crippen LogP) is 4.58. The number of hydrogen-bond donors (Lipinski definition) is 0. The van der Waals surface area contributed by atoms with Gasteiger partial charge in [-0.3, -0.25) is 14.9 Å². The summed E-state index contributed by atoms with van der Waals surface area (Å²) in [6.45, 7) is -0.293. The zero-order chi connectivity index (χ0) is 15.6. The number of rotatable bonds is 5. The summed E-state index contributed by atoms with van der Waals surface area (Å²) in [6, 6.07) is 4.76. The van der Waals surface area contributed by atoms with E-state index in [1.807, 2.05) is 0 Å². The highest BCUT2D eigenvalue weighted by Gasteiger charge is 2.17. The van der Waals surface area contributed by atoms with Crippen LogP contribution >= 0.6 is 43.2 Å². The van der Waals surface area contributed by atoms with Crippen molar-refractivity contribution in [3.63, 3.8) is 0 Å². The molecule has 21 heavy (non-hydrogen) atoms. The van der Waals surface area contributed by atoms with Gasteiger partial charge in [-0.1, -0.05) is 0 Å². The number of ether oxygens (including phenoxy) is 1. The summed E-state index contributed by atoms with van der Waals surface area (Å²) in [4.78, 5) is 21.6. The molecule has 1 aromatic heterocycles. The number of nitrogens with zero attached hydrogens (tertiary/aromatic N) is 1. The Kier molecular flexibility index (Phi) is 5.07. The molecule has 2 rings (SSSR count). The van der Waals surface area contributed by atoms with Crippen molar-refractivity contribution in [2.24, 2.45) is 0 Å². The molecule has 9 heteroatoms. The van der Waals surface area contributed by atoms with Crippen molar-refractivity contribution in [1.29, 1.82) is 0 Å². The molecule has 1 heterocycles. The molecule has 0 spiro atoms. The molecule has 0 N–H and O–H groups in total. The number of carbonyl (C=O) groups is 1. The normalized spacial score (nSPS) is 10.4. The number of nitro benzene ring substituents is 1. The molecular weight excluding hydrogens is 433 g/mol. The van der Waals surface area contributed by atoms with Gasteiger partial charge in [0.2, 0.25) is 11.6 Å². The molecule has 2 aromatic rings. The molecule has 0 amide bonds. The first-order valence-corrected chi connectivity index (χ1v) is 7.83. The summed E-state index contributed by atoms with van der Waals surface area (Å²) in [5, 5.41) is 10.5. The van der Waals surface area contributed by atoms with Crippen molar-refractivity contribution in [3.05, 3.63) is 53.3 Å². The molecule has 0 aliphatic heterocycles. The fourth-order valence-electron chi connectivity index (χ4n) is 1.48. The monoisotopic (exact) mass is 437 g/mol. The Hall–Kier alpha value is -1.32. The summed E-state index contributed by atoms with van der Waals surface area (Å²) in [6.07, 6.45) is 0. The second-order valence-electron chi connectivity index (χ2n) is 3.82. The molecule has 0 unspecified atom stereocenters. The predicted molar refractivity (Wildman–Crippen MR) is 82.6 cm³/mol. The first-order valence-electron chi connectivity index (χ1n) is 5.43. The number of hydrogen-bond acceptors (Lipinski definition) is 5. The quantitative estimate of drug-likeness (QED) is 0.389. The molecule has 0 bridgehead atoms. The standard InChI is InChI=1S/C12H6Br2FNO4S/c13-11-4-7(12(14)21-11)10(17)5-20-6-1-2-9(16(18)19)8(15)3-6/h1-4H,5H2. The maximum absolute atomic E-state index is 13.4. The molecule has 0 radical (unpaired) electrons. The molecule has 5 nitrogen and oxygen atoms in total. The highest BCUT2D eigenvalue weighted by molar-refractivity contribution is 9.12. The van der Waals surface area contributed by atoms with Gasteiger partial charge in [0.15, 0.2) is 6.61 Å². The Bertz CT molecular complexity index is 719. The van der Waals surface area contributed by atoms with Gasteiger partial charge in [0.05, 0.1) is 12.5 Å².